The number of nitrogens with zero attached hydrogens (tertiary/aromatic N) is 3. The maximum Gasteiger partial charge on any atom is 0.133 e. The molecule has 1 saturated heterocycles. The largest absolute Gasteiger partial charge is 0.370 e. The lowest BCUT2D eigenvalue weighted by Crippen LogP contribution is -2.50. The van der Waals surface area contributed by atoms with Crippen molar-refractivity contribution >= 4 is 40.3 Å². The van der Waals surface area contributed by atoms with Gasteiger partial charge in [0.1, 0.15) is 12.3 Å². The molecule has 1 fully saturated rings. The summed E-state index contributed by atoms with van der Waals surface area (Å²) in [4.78, 5) is 7.27. The molecule has 0 saturated carbocycles. The highest BCUT2D eigenvalue weighted by Crippen LogP contribution is 2.48. The van der Waals surface area contributed by atoms with Gasteiger partial charge >= 0.3 is 0 Å². The maximum atomic E-state index is 6.74. The maximum absolute atomic E-state index is 6.74. The van der Waals surface area contributed by atoms with Gasteiger partial charge in [-0.05, 0) is 38.8 Å². The molecule has 0 aliphatic carbocycles. The van der Waals surface area contributed by atoms with Crippen LogP contribution < -0.4 is 14.7 Å². The number of halogens is 2. The van der Waals surface area contributed by atoms with Gasteiger partial charge in [-0.3, -0.25) is 0 Å². The summed E-state index contributed by atoms with van der Waals surface area (Å²) >= 11 is 12.6. The lowest BCUT2D eigenvalue weighted by Gasteiger charge is -2.36. The summed E-state index contributed by atoms with van der Waals surface area (Å²) in [5.41, 5.74) is 6.30. The lowest BCUT2D eigenvalue weighted by atomic mass is 10.0. The SMILES string of the molecule is CC\C=C(Cl)/C(=C\C=C\Cl)C1OCCCN2c3c(N(CC)CC)cccc3N(C)C12. The van der Waals surface area contributed by atoms with E-state index in [1.807, 2.05) is 18.2 Å². The number of para-hydroxylation sites is 1. The molecule has 0 N–H and O–H groups in total. The van der Waals surface area contributed by atoms with Crippen molar-refractivity contribution in [2.24, 2.45) is 0 Å². The van der Waals surface area contributed by atoms with Crippen LogP contribution >= 0.6 is 23.2 Å². The number of likely N-dealkylation sites (N-methyl/N-ethyl adjacent to an activating group) is 1. The number of hydrogen-bond acceptors (Lipinski definition) is 4. The summed E-state index contributed by atoms with van der Waals surface area (Å²) in [5, 5.41) is 0.729. The van der Waals surface area contributed by atoms with Crippen LogP contribution in [0.3, 0.4) is 0 Å². The molecule has 2 unspecified atom stereocenters. The third-order valence-electron chi connectivity index (χ3n) is 5.91. The Hall–Kier alpha value is -1.62. The molecule has 2 heterocycles. The van der Waals surface area contributed by atoms with Crippen molar-refractivity contribution in [3.05, 3.63) is 52.6 Å². The Morgan fingerprint density at radius 3 is 2.70 bits per heavy atom. The van der Waals surface area contributed by atoms with Gasteiger partial charge in [-0.25, -0.2) is 0 Å². The fourth-order valence-corrected chi connectivity index (χ4v) is 4.94. The Morgan fingerprint density at radius 1 is 1.27 bits per heavy atom. The molecule has 0 bridgehead atoms. The van der Waals surface area contributed by atoms with E-state index in [4.69, 9.17) is 27.9 Å². The number of rotatable bonds is 7. The van der Waals surface area contributed by atoms with Crippen LogP contribution in [-0.2, 0) is 4.74 Å². The zero-order chi connectivity index (χ0) is 21.7. The van der Waals surface area contributed by atoms with E-state index >= 15 is 0 Å². The average molecular weight is 450 g/mol. The van der Waals surface area contributed by atoms with Gasteiger partial charge in [-0.2, -0.15) is 0 Å². The predicted octanol–water partition coefficient (Wildman–Crippen LogP) is 6.12. The summed E-state index contributed by atoms with van der Waals surface area (Å²) in [5.74, 6) is 0. The van der Waals surface area contributed by atoms with E-state index in [0.29, 0.717) is 6.61 Å². The van der Waals surface area contributed by atoms with Gasteiger partial charge in [0.15, 0.2) is 0 Å². The van der Waals surface area contributed by atoms with E-state index in [0.717, 1.165) is 43.1 Å². The third-order valence-corrected chi connectivity index (χ3v) is 6.42. The first-order chi connectivity index (χ1) is 14.6. The molecule has 164 valence electrons. The van der Waals surface area contributed by atoms with Crippen LogP contribution in [0.2, 0.25) is 0 Å². The molecule has 2 aliphatic rings. The van der Waals surface area contributed by atoms with E-state index in [1.165, 1.54) is 22.6 Å². The molecule has 2 atom stereocenters. The second-order valence-corrected chi connectivity index (χ2v) is 8.24. The Bertz CT molecular complexity index is 817. The first-order valence-corrected chi connectivity index (χ1v) is 11.7. The third kappa shape index (κ3) is 4.37. The van der Waals surface area contributed by atoms with Gasteiger partial charge in [-0.1, -0.05) is 54.4 Å². The van der Waals surface area contributed by atoms with Gasteiger partial charge < -0.3 is 19.4 Å². The summed E-state index contributed by atoms with van der Waals surface area (Å²) in [6.07, 6.45) is 7.54. The first kappa shape index (κ1) is 23.1. The van der Waals surface area contributed by atoms with Gasteiger partial charge in [0.25, 0.3) is 0 Å². The molecular weight excluding hydrogens is 417 g/mol. The molecule has 1 aromatic carbocycles. The van der Waals surface area contributed by atoms with Crippen LogP contribution in [-0.4, -0.2) is 45.6 Å². The van der Waals surface area contributed by atoms with Crippen LogP contribution in [0.4, 0.5) is 17.1 Å². The first-order valence-electron chi connectivity index (χ1n) is 10.9. The highest BCUT2D eigenvalue weighted by molar-refractivity contribution is 6.32. The number of allylic oxidation sites excluding steroid dienone is 3. The smallest absolute Gasteiger partial charge is 0.133 e. The minimum Gasteiger partial charge on any atom is -0.370 e. The summed E-state index contributed by atoms with van der Waals surface area (Å²) in [6.45, 7) is 10.1. The number of benzene rings is 1. The molecular formula is C24H33Cl2N3O. The Balaban J connectivity index is 2.11. The highest BCUT2D eigenvalue weighted by Gasteiger charge is 2.44. The number of fused-ring (bicyclic) bond motifs is 3. The van der Waals surface area contributed by atoms with Crippen LogP contribution in [0.5, 0.6) is 0 Å². The van der Waals surface area contributed by atoms with E-state index < -0.39 is 0 Å². The van der Waals surface area contributed by atoms with Crippen molar-refractivity contribution in [1.82, 2.24) is 0 Å². The van der Waals surface area contributed by atoms with E-state index in [-0.39, 0.29) is 12.3 Å². The van der Waals surface area contributed by atoms with Crippen molar-refractivity contribution in [2.75, 3.05) is 48.0 Å². The van der Waals surface area contributed by atoms with Crippen molar-refractivity contribution in [3.63, 3.8) is 0 Å². The van der Waals surface area contributed by atoms with Crippen LogP contribution in [0, 0.1) is 0 Å². The predicted molar refractivity (Wildman–Crippen MR) is 131 cm³/mol. The van der Waals surface area contributed by atoms with Crippen molar-refractivity contribution < 1.29 is 4.74 Å². The number of hydrogen-bond donors (Lipinski definition) is 0. The number of ether oxygens (including phenoxy) is 1. The van der Waals surface area contributed by atoms with Crippen molar-refractivity contribution in [1.29, 1.82) is 0 Å². The van der Waals surface area contributed by atoms with Gasteiger partial charge in [0, 0.05) is 49.4 Å². The standard InChI is InChI=1S/C24H33Cl2N3O/c1-5-11-19(26)18(12-9-15-25)23-24-27(4)20-13-8-14-21(28(6-2)7-3)22(20)29(24)16-10-17-30-23/h8-9,11-15,23-24H,5-7,10,16-17H2,1-4H3/b15-9+,18-12+,19-11+. The molecule has 6 heteroatoms. The Labute approximate surface area is 191 Å². The molecule has 4 nitrogen and oxygen atoms in total. The molecule has 0 radical (unpaired) electrons. The zero-order valence-electron chi connectivity index (χ0n) is 18.4. The van der Waals surface area contributed by atoms with Crippen LogP contribution in [0.1, 0.15) is 33.6 Å². The van der Waals surface area contributed by atoms with Crippen molar-refractivity contribution in [3.8, 4) is 0 Å². The minimum absolute atomic E-state index is 0.0354. The zero-order valence-corrected chi connectivity index (χ0v) is 20.0. The second kappa shape index (κ2) is 10.6. The van der Waals surface area contributed by atoms with Crippen molar-refractivity contribution in [2.45, 2.75) is 45.9 Å². The normalized spacial score (nSPS) is 22.3. The topological polar surface area (TPSA) is 19.0 Å². The number of anilines is 3. The molecule has 2 aliphatic heterocycles. The molecule has 3 rings (SSSR count). The molecule has 30 heavy (non-hydrogen) atoms. The van der Waals surface area contributed by atoms with Gasteiger partial charge in [0.2, 0.25) is 0 Å². The average Bonchev–Trinajstić information content (AvgIpc) is 2.89. The Kier molecular flexibility index (Phi) is 8.15. The lowest BCUT2D eigenvalue weighted by molar-refractivity contribution is 0.0751. The molecule has 0 amide bonds. The van der Waals surface area contributed by atoms with Gasteiger partial charge in [0.05, 0.1) is 17.1 Å². The summed E-state index contributed by atoms with van der Waals surface area (Å²) in [6, 6.07) is 6.60. The quantitative estimate of drug-likeness (QED) is 0.466. The minimum atomic E-state index is -0.183. The summed E-state index contributed by atoms with van der Waals surface area (Å²) in [7, 11) is 2.16. The van der Waals surface area contributed by atoms with E-state index in [1.54, 1.807) is 0 Å². The fraction of sp³-hybridized carbons (Fsp3) is 0.500. The molecule has 0 spiro atoms. The van der Waals surface area contributed by atoms with E-state index in [2.05, 4.69) is 60.7 Å². The monoisotopic (exact) mass is 449 g/mol. The van der Waals surface area contributed by atoms with Gasteiger partial charge in [-0.15, -0.1) is 0 Å². The highest BCUT2D eigenvalue weighted by atomic mass is 35.5. The molecule has 0 aromatic heterocycles. The van der Waals surface area contributed by atoms with Crippen LogP contribution in [0.25, 0.3) is 0 Å². The fourth-order valence-electron chi connectivity index (χ4n) is 4.54. The second-order valence-electron chi connectivity index (χ2n) is 7.58. The Morgan fingerprint density at radius 2 is 2.03 bits per heavy atom. The van der Waals surface area contributed by atoms with E-state index in [9.17, 15) is 0 Å². The van der Waals surface area contributed by atoms with Crippen LogP contribution in [0.15, 0.2) is 52.6 Å². The molecule has 1 aromatic rings. The summed E-state index contributed by atoms with van der Waals surface area (Å²) < 4.78 is 6.43.